The number of aromatic nitrogens is 4. The lowest BCUT2D eigenvalue weighted by atomic mass is 10.1. The zero-order chi connectivity index (χ0) is 21.0. The maximum Gasteiger partial charge on any atom is 0.235 e. The predicted octanol–water partition coefficient (Wildman–Crippen LogP) is 4.44. The topological polar surface area (TPSA) is 91.8 Å². The largest absolute Gasteiger partial charge is 0.344 e. The van der Waals surface area contributed by atoms with Crippen molar-refractivity contribution in [2.24, 2.45) is 0 Å². The predicted molar refractivity (Wildman–Crippen MR) is 124 cm³/mol. The lowest BCUT2D eigenvalue weighted by Gasteiger charge is -2.17. The number of thiazole rings is 1. The highest BCUT2D eigenvalue weighted by Gasteiger charge is 2.28. The van der Waals surface area contributed by atoms with Crippen molar-refractivity contribution in [2.75, 3.05) is 16.6 Å². The summed E-state index contributed by atoms with van der Waals surface area (Å²) in [6.45, 7) is 0.512. The summed E-state index contributed by atoms with van der Waals surface area (Å²) in [6, 6.07) is 13.6. The summed E-state index contributed by atoms with van der Waals surface area (Å²) >= 11 is 1.61. The second-order valence-electron chi connectivity index (χ2n) is 7.48. The first-order chi connectivity index (χ1) is 15.1. The first-order valence-electron chi connectivity index (χ1n) is 9.87. The van der Waals surface area contributed by atoms with Crippen LogP contribution in [0.4, 0.5) is 5.69 Å². The minimum Gasteiger partial charge on any atom is -0.344 e. The molecule has 0 unspecified atom stereocenters. The van der Waals surface area contributed by atoms with Gasteiger partial charge >= 0.3 is 0 Å². The zero-order valence-corrected chi connectivity index (χ0v) is 17.9. The standard InChI is InChI=1S/C22H17N5O2S2/c28-31(29)8-2-7-27(31)16-4-1-3-15(9-16)19-12-24-22-21(26-19)17(11-23-22)14-5-6-18-20(10-14)30-13-25-18/h1,3-6,9-13H,2,7-8H2,(H,23,24). The molecule has 7 nitrogen and oxygen atoms in total. The molecule has 6 rings (SSSR count). The Bertz CT molecular complexity index is 1550. The quantitative estimate of drug-likeness (QED) is 0.441. The summed E-state index contributed by atoms with van der Waals surface area (Å²) in [7, 11) is -3.23. The van der Waals surface area contributed by atoms with Crippen LogP contribution in [0, 0.1) is 0 Å². The molecule has 4 heterocycles. The monoisotopic (exact) mass is 447 g/mol. The average molecular weight is 448 g/mol. The van der Waals surface area contributed by atoms with E-state index >= 15 is 0 Å². The van der Waals surface area contributed by atoms with E-state index < -0.39 is 10.0 Å². The van der Waals surface area contributed by atoms with Gasteiger partial charge in [-0.3, -0.25) is 4.31 Å². The highest BCUT2D eigenvalue weighted by Crippen LogP contribution is 2.32. The van der Waals surface area contributed by atoms with Crippen LogP contribution in [0.2, 0.25) is 0 Å². The Morgan fingerprint density at radius 2 is 2.00 bits per heavy atom. The van der Waals surface area contributed by atoms with E-state index in [-0.39, 0.29) is 5.75 Å². The zero-order valence-electron chi connectivity index (χ0n) is 16.3. The number of rotatable bonds is 3. The Labute approximate surface area is 182 Å². The van der Waals surface area contributed by atoms with Crippen molar-refractivity contribution in [2.45, 2.75) is 6.42 Å². The molecule has 1 aliphatic heterocycles. The Kier molecular flexibility index (Phi) is 4.09. The maximum absolute atomic E-state index is 12.3. The Hall–Kier alpha value is -3.30. The second kappa shape index (κ2) is 6.86. The van der Waals surface area contributed by atoms with Gasteiger partial charge in [0.15, 0.2) is 5.65 Å². The third kappa shape index (κ3) is 3.08. The number of aromatic amines is 1. The molecule has 1 aliphatic rings. The van der Waals surface area contributed by atoms with E-state index in [4.69, 9.17) is 4.98 Å². The van der Waals surface area contributed by atoms with Crippen LogP contribution < -0.4 is 4.31 Å². The van der Waals surface area contributed by atoms with Gasteiger partial charge in [0, 0.05) is 23.9 Å². The summed E-state index contributed by atoms with van der Waals surface area (Å²) in [4.78, 5) is 17.0. The number of hydrogen-bond acceptors (Lipinski definition) is 6. The molecule has 0 amide bonds. The normalized spacial score (nSPS) is 15.8. The molecule has 0 radical (unpaired) electrons. The van der Waals surface area contributed by atoms with E-state index in [1.54, 1.807) is 17.5 Å². The van der Waals surface area contributed by atoms with E-state index in [1.807, 2.05) is 48.1 Å². The van der Waals surface area contributed by atoms with Gasteiger partial charge in [-0.15, -0.1) is 11.3 Å². The van der Waals surface area contributed by atoms with Crippen LogP contribution in [0.25, 0.3) is 43.8 Å². The number of anilines is 1. The van der Waals surface area contributed by atoms with Crippen LogP contribution in [0.15, 0.2) is 60.4 Å². The van der Waals surface area contributed by atoms with Gasteiger partial charge in [-0.2, -0.15) is 0 Å². The molecule has 1 saturated heterocycles. The lowest BCUT2D eigenvalue weighted by molar-refractivity contribution is 0.599. The fourth-order valence-electron chi connectivity index (χ4n) is 4.02. The van der Waals surface area contributed by atoms with Crippen molar-refractivity contribution in [3.8, 4) is 22.4 Å². The third-order valence-corrected chi connectivity index (χ3v) is 8.21. The number of nitrogens with zero attached hydrogens (tertiary/aromatic N) is 4. The second-order valence-corrected chi connectivity index (χ2v) is 10.4. The number of fused-ring (bicyclic) bond motifs is 2. The smallest absolute Gasteiger partial charge is 0.235 e. The van der Waals surface area contributed by atoms with Gasteiger partial charge in [0.1, 0.15) is 5.52 Å². The molecule has 0 aliphatic carbocycles. The molecule has 3 aromatic heterocycles. The molecule has 0 spiro atoms. The van der Waals surface area contributed by atoms with Gasteiger partial charge in [-0.1, -0.05) is 18.2 Å². The Morgan fingerprint density at radius 1 is 1.06 bits per heavy atom. The van der Waals surface area contributed by atoms with Crippen LogP contribution >= 0.6 is 11.3 Å². The van der Waals surface area contributed by atoms with Crippen molar-refractivity contribution in [3.05, 3.63) is 60.4 Å². The molecular weight excluding hydrogens is 430 g/mol. The minimum atomic E-state index is -3.23. The van der Waals surface area contributed by atoms with Crippen LogP contribution in [0.5, 0.6) is 0 Å². The molecule has 5 aromatic rings. The molecule has 0 atom stereocenters. The van der Waals surface area contributed by atoms with Gasteiger partial charge in [-0.05, 0) is 36.2 Å². The van der Waals surface area contributed by atoms with Gasteiger partial charge in [0.2, 0.25) is 10.0 Å². The summed E-state index contributed by atoms with van der Waals surface area (Å²) < 4.78 is 27.2. The highest BCUT2D eigenvalue weighted by molar-refractivity contribution is 7.93. The Balaban J connectivity index is 1.45. The molecule has 1 N–H and O–H groups in total. The Morgan fingerprint density at radius 3 is 2.87 bits per heavy atom. The number of sulfonamides is 1. The summed E-state index contributed by atoms with van der Waals surface area (Å²) in [5, 5.41) is 0. The molecule has 0 saturated carbocycles. The van der Waals surface area contributed by atoms with Crippen molar-refractivity contribution in [3.63, 3.8) is 0 Å². The molecular formula is C22H17N5O2S2. The summed E-state index contributed by atoms with van der Waals surface area (Å²) in [5.41, 5.74) is 8.53. The fourth-order valence-corrected chi connectivity index (χ4v) is 6.30. The van der Waals surface area contributed by atoms with E-state index in [9.17, 15) is 8.42 Å². The van der Waals surface area contributed by atoms with Crippen molar-refractivity contribution >= 4 is 48.4 Å². The number of hydrogen-bond donors (Lipinski definition) is 1. The molecule has 2 aromatic carbocycles. The average Bonchev–Trinajstić information content (AvgIpc) is 3.50. The summed E-state index contributed by atoms with van der Waals surface area (Å²) in [6.07, 6.45) is 4.28. The molecule has 1 fully saturated rings. The van der Waals surface area contributed by atoms with Gasteiger partial charge in [-0.25, -0.2) is 23.4 Å². The van der Waals surface area contributed by atoms with Crippen LogP contribution in [0.1, 0.15) is 6.42 Å². The van der Waals surface area contributed by atoms with Crippen LogP contribution in [-0.2, 0) is 10.0 Å². The molecule has 31 heavy (non-hydrogen) atoms. The van der Waals surface area contributed by atoms with Crippen molar-refractivity contribution < 1.29 is 8.42 Å². The van der Waals surface area contributed by atoms with Crippen LogP contribution in [-0.4, -0.2) is 40.7 Å². The number of H-pyrrole nitrogens is 1. The lowest BCUT2D eigenvalue weighted by Crippen LogP contribution is -2.24. The first kappa shape index (κ1) is 18.5. The summed E-state index contributed by atoms with van der Waals surface area (Å²) in [5.74, 6) is 0.194. The molecule has 9 heteroatoms. The highest BCUT2D eigenvalue weighted by atomic mass is 32.2. The maximum atomic E-state index is 12.3. The van der Waals surface area contributed by atoms with Gasteiger partial charge in [0.05, 0.1) is 39.1 Å². The van der Waals surface area contributed by atoms with Gasteiger partial charge in [0.25, 0.3) is 0 Å². The fraction of sp³-hybridized carbons (Fsp3) is 0.136. The van der Waals surface area contributed by atoms with Crippen molar-refractivity contribution in [1.82, 2.24) is 19.9 Å². The minimum absolute atomic E-state index is 0.194. The van der Waals surface area contributed by atoms with E-state index in [0.717, 1.165) is 32.4 Å². The number of benzene rings is 2. The first-order valence-corrected chi connectivity index (χ1v) is 12.4. The van der Waals surface area contributed by atoms with E-state index in [0.29, 0.717) is 30.0 Å². The molecule has 0 bridgehead atoms. The number of nitrogens with one attached hydrogen (secondary N) is 1. The third-order valence-electron chi connectivity index (χ3n) is 5.55. The van der Waals surface area contributed by atoms with E-state index in [2.05, 4.69) is 21.0 Å². The van der Waals surface area contributed by atoms with E-state index in [1.165, 1.54) is 4.31 Å². The van der Waals surface area contributed by atoms with Gasteiger partial charge < -0.3 is 4.98 Å². The van der Waals surface area contributed by atoms with Crippen LogP contribution in [0.3, 0.4) is 0 Å². The van der Waals surface area contributed by atoms with Crippen molar-refractivity contribution in [1.29, 1.82) is 0 Å². The SMILES string of the molecule is O=S1(=O)CCCN1c1cccc(-c2cnc3[nH]cc(-c4ccc5ncsc5c4)c3n2)c1. The molecule has 154 valence electrons.